The fourth-order valence-corrected chi connectivity index (χ4v) is 3.49. The van der Waals surface area contributed by atoms with E-state index in [0.717, 1.165) is 27.4 Å². The minimum Gasteiger partial charge on any atom is -0.808 e. The van der Waals surface area contributed by atoms with Crippen LogP contribution in [-0.2, 0) is 0 Å². The van der Waals surface area contributed by atoms with Gasteiger partial charge in [-0.2, -0.15) is 0 Å². The van der Waals surface area contributed by atoms with Crippen molar-refractivity contribution in [1.29, 1.82) is 5.41 Å². The van der Waals surface area contributed by atoms with Gasteiger partial charge in [-0.05, 0) is 38.1 Å². The van der Waals surface area contributed by atoms with Crippen LogP contribution in [0.1, 0.15) is 11.1 Å². The second-order valence-corrected chi connectivity index (χ2v) is 7.88. The van der Waals surface area contributed by atoms with E-state index >= 15 is 0 Å². The number of phenols is 2. The van der Waals surface area contributed by atoms with Gasteiger partial charge in [0.25, 0.3) is 0 Å². The van der Waals surface area contributed by atoms with Crippen LogP contribution >= 0.6 is 0 Å². The summed E-state index contributed by atoms with van der Waals surface area (Å²) in [5.74, 6) is -0.155. The van der Waals surface area contributed by atoms with Crippen LogP contribution in [0.5, 0.6) is 23.0 Å². The Morgan fingerprint density at radius 3 is 1.44 bits per heavy atom. The molecule has 0 fully saturated rings. The number of quaternary nitrogens is 1. The van der Waals surface area contributed by atoms with Gasteiger partial charge in [0, 0.05) is 23.3 Å². The lowest BCUT2D eigenvalue weighted by atomic mass is 10.1. The molecule has 0 saturated carbocycles. The molecule has 0 saturated heterocycles. The first kappa shape index (κ1) is 26.1. The summed E-state index contributed by atoms with van der Waals surface area (Å²) in [7, 11) is -1.88. The Morgan fingerprint density at radius 2 is 1.08 bits per heavy atom. The number of hydrogen-bond acceptors (Lipinski definition) is 6. The van der Waals surface area contributed by atoms with Gasteiger partial charge >= 0.3 is 13.3 Å². The van der Waals surface area contributed by atoms with Crippen molar-refractivity contribution in [1.82, 2.24) is 0 Å². The van der Waals surface area contributed by atoms with Gasteiger partial charge in [0.1, 0.15) is 22.9 Å². The molecule has 0 unspecified atom stereocenters. The number of aromatic hydroxyl groups is 2. The highest BCUT2D eigenvalue weighted by atomic mass is 16.7. The van der Waals surface area contributed by atoms with Crippen LogP contribution in [0.15, 0.2) is 97.1 Å². The molecule has 4 rings (SSSR count). The van der Waals surface area contributed by atoms with Crippen LogP contribution < -0.4 is 25.0 Å². The monoisotopic (exact) mass is 485 g/mol. The van der Waals surface area contributed by atoms with Crippen LogP contribution in [0.2, 0.25) is 0 Å². The lowest BCUT2D eigenvalue weighted by Gasteiger charge is -2.21. The molecule has 0 aliphatic rings. The molecular formula is C27H28BN3O5. The Labute approximate surface area is 210 Å². The van der Waals surface area contributed by atoms with Gasteiger partial charge in [0.15, 0.2) is 11.5 Å². The van der Waals surface area contributed by atoms with Crippen LogP contribution in [0, 0.1) is 19.3 Å². The third-order valence-corrected chi connectivity index (χ3v) is 5.28. The van der Waals surface area contributed by atoms with Crippen molar-refractivity contribution in [3.8, 4) is 23.0 Å². The molecule has 0 atom stereocenters. The van der Waals surface area contributed by atoms with Crippen LogP contribution in [0.25, 0.3) is 0 Å². The predicted octanol–water partition coefficient (Wildman–Crippen LogP) is 2.95. The smallest absolute Gasteiger partial charge is 0.492 e. The van der Waals surface area contributed by atoms with E-state index in [9.17, 15) is 15.2 Å². The Bertz CT molecular complexity index is 1220. The zero-order chi connectivity index (χ0) is 26.1. The summed E-state index contributed by atoms with van der Waals surface area (Å²) in [4.78, 5) is 0.811. The molecule has 0 aliphatic carbocycles. The number of benzene rings is 4. The van der Waals surface area contributed by atoms with E-state index in [1.54, 1.807) is 24.3 Å². The first-order valence-corrected chi connectivity index (χ1v) is 11.2. The van der Waals surface area contributed by atoms with Crippen molar-refractivity contribution >= 4 is 24.7 Å². The molecule has 4 aromatic rings. The van der Waals surface area contributed by atoms with Crippen LogP contribution in [-0.4, -0.2) is 23.5 Å². The predicted molar refractivity (Wildman–Crippen MR) is 138 cm³/mol. The van der Waals surface area contributed by atoms with E-state index in [1.165, 1.54) is 24.3 Å². The van der Waals surface area contributed by atoms with Gasteiger partial charge in [-0.15, -0.1) is 0 Å². The quantitative estimate of drug-likeness (QED) is 0.162. The lowest BCUT2D eigenvalue weighted by Crippen LogP contribution is -3.07. The average Bonchev–Trinajstić information content (AvgIpc) is 2.85. The van der Waals surface area contributed by atoms with Crippen molar-refractivity contribution < 1.29 is 29.4 Å². The molecule has 0 aromatic heterocycles. The minimum absolute atomic E-state index is 0.0212. The average molecular weight is 485 g/mol. The minimum atomic E-state index is -1.88. The summed E-state index contributed by atoms with van der Waals surface area (Å²) < 4.78 is 9.73. The molecule has 0 amide bonds. The van der Waals surface area contributed by atoms with Crippen molar-refractivity contribution in [3.63, 3.8) is 0 Å². The molecule has 8 nitrogen and oxygen atoms in total. The number of phenolic OH excluding ortho intramolecular Hbond substituents is 2. The highest BCUT2D eigenvalue weighted by Gasteiger charge is 2.22. The molecule has 184 valence electrons. The summed E-state index contributed by atoms with van der Waals surface area (Å²) >= 11 is 0. The van der Waals surface area contributed by atoms with Gasteiger partial charge in [0.2, 0.25) is 0 Å². The number of rotatable bonds is 6. The standard InChI is InChI=1S/C15H17N3.C12H10BO5/c1-11-7-3-5-9-13(11)18(15(16)17)14-10-6-4-8-12(14)2;14-9-5-1-3-7-11(9)17-13(16)18-12-8-4-2-6-10(12)15/h3-10H,1-2H3,(H3,16,17);1-8,14-15H/q;-1/p+1. The molecule has 6 N–H and O–H groups in total. The normalized spacial score (nSPS) is 10.2. The molecule has 0 spiro atoms. The van der Waals surface area contributed by atoms with Crippen LogP contribution in [0.4, 0.5) is 11.4 Å². The van der Waals surface area contributed by atoms with Gasteiger partial charge in [-0.1, -0.05) is 60.7 Å². The molecule has 0 radical (unpaired) electrons. The maximum absolute atomic E-state index is 11.5. The lowest BCUT2D eigenvalue weighted by molar-refractivity contribution is -0.653. The summed E-state index contributed by atoms with van der Waals surface area (Å²) in [6.45, 7) is 4.08. The Morgan fingerprint density at radius 1 is 0.722 bits per heavy atom. The first-order valence-electron chi connectivity index (χ1n) is 11.2. The summed E-state index contributed by atoms with van der Waals surface area (Å²) in [5.41, 5.74) is 10.1. The van der Waals surface area contributed by atoms with Crippen molar-refractivity contribution in [2.24, 2.45) is 5.73 Å². The number of aryl methyl sites for hydroxylation is 2. The molecule has 0 bridgehead atoms. The van der Waals surface area contributed by atoms with E-state index in [2.05, 4.69) is 0 Å². The SMILES string of the molecule is Cc1ccccc1[NH+](C(=N)N)c1ccccc1C.[O-]B(Oc1ccccc1O)Oc1ccccc1O. The molecule has 9 heteroatoms. The molecule has 0 aliphatic heterocycles. The largest absolute Gasteiger partial charge is 0.808 e. The summed E-state index contributed by atoms with van der Waals surface area (Å²) in [6.07, 6.45) is 0. The van der Waals surface area contributed by atoms with E-state index in [1.807, 2.05) is 62.4 Å². The number of nitrogens with two attached hydrogens (primary N) is 1. The first-order chi connectivity index (χ1) is 17.3. The number of nitrogens with one attached hydrogen (secondary N) is 2. The van der Waals surface area contributed by atoms with Crippen molar-refractivity contribution in [2.45, 2.75) is 13.8 Å². The van der Waals surface area contributed by atoms with E-state index in [-0.39, 0.29) is 29.0 Å². The van der Waals surface area contributed by atoms with Crippen LogP contribution in [0.3, 0.4) is 0 Å². The molecule has 4 aromatic carbocycles. The summed E-state index contributed by atoms with van der Waals surface area (Å²) in [5, 5.41) is 38.2. The van der Waals surface area contributed by atoms with Gasteiger partial charge in [-0.25, -0.2) is 10.3 Å². The van der Waals surface area contributed by atoms with Gasteiger partial charge in [0.05, 0.1) is 0 Å². The molecule has 0 heterocycles. The van der Waals surface area contributed by atoms with Gasteiger partial charge < -0.3 is 30.3 Å². The fraction of sp³-hybridized carbons (Fsp3) is 0.0741. The third-order valence-electron chi connectivity index (χ3n) is 5.28. The van der Waals surface area contributed by atoms with E-state index in [4.69, 9.17) is 20.5 Å². The number of guanidine groups is 1. The zero-order valence-electron chi connectivity index (χ0n) is 20.0. The Hall–Kier alpha value is -4.47. The fourth-order valence-electron chi connectivity index (χ4n) is 3.49. The molecule has 36 heavy (non-hydrogen) atoms. The second kappa shape index (κ2) is 12.3. The topological polar surface area (TPSA) is 136 Å². The maximum atomic E-state index is 11.5. The third kappa shape index (κ3) is 6.78. The highest BCUT2D eigenvalue weighted by Crippen LogP contribution is 2.27. The second-order valence-electron chi connectivity index (χ2n) is 7.88. The van der Waals surface area contributed by atoms with Crippen molar-refractivity contribution in [2.75, 3.05) is 0 Å². The van der Waals surface area contributed by atoms with E-state index < -0.39 is 7.32 Å². The van der Waals surface area contributed by atoms with Gasteiger partial charge in [-0.3, -0.25) is 0 Å². The van der Waals surface area contributed by atoms with E-state index in [0.29, 0.717) is 0 Å². The van der Waals surface area contributed by atoms with Crippen molar-refractivity contribution in [3.05, 3.63) is 108 Å². The maximum Gasteiger partial charge on any atom is 0.492 e. The zero-order valence-corrected chi connectivity index (χ0v) is 20.0. The number of para-hydroxylation sites is 6. The number of hydrogen-bond donors (Lipinski definition) is 5. The summed E-state index contributed by atoms with van der Waals surface area (Å²) in [6, 6.07) is 28.1. The Kier molecular flexibility index (Phi) is 8.93. The molecular weight excluding hydrogens is 457 g/mol. The highest BCUT2D eigenvalue weighted by molar-refractivity contribution is 6.34. The Balaban J connectivity index is 0.000000201.